The summed E-state index contributed by atoms with van der Waals surface area (Å²) in [5, 5.41) is 0. The molecule has 1 fully saturated rings. The molecular weight excluding hydrogens is 359 g/mol. The van der Waals surface area contributed by atoms with Crippen molar-refractivity contribution < 1.29 is 13.2 Å². The maximum atomic E-state index is 12.8. The molecule has 0 unspecified atom stereocenters. The van der Waals surface area contributed by atoms with Crippen LogP contribution < -0.4 is 0 Å². The Bertz CT molecular complexity index is 701. The first-order chi connectivity index (χ1) is 13.4. The van der Waals surface area contributed by atoms with Crippen molar-refractivity contribution in [3.63, 3.8) is 0 Å². The molecule has 1 aliphatic carbocycles. The third kappa shape index (κ3) is 6.10. The highest BCUT2D eigenvalue weighted by atomic mass is 19.4. The first kappa shape index (κ1) is 20.9. The normalized spacial score (nSPS) is 20.5. The lowest BCUT2D eigenvalue weighted by atomic mass is 9.78. The zero-order valence-electron chi connectivity index (χ0n) is 16.6. The summed E-state index contributed by atoms with van der Waals surface area (Å²) in [4.78, 5) is 2.34. The topological polar surface area (TPSA) is 3.24 Å². The number of aryl methyl sites for hydroxylation is 1. The molecule has 0 radical (unpaired) electrons. The van der Waals surface area contributed by atoms with Gasteiger partial charge < -0.3 is 4.90 Å². The van der Waals surface area contributed by atoms with Crippen LogP contribution in [0.5, 0.6) is 0 Å². The van der Waals surface area contributed by atoms with Gasteiger partial charge in [-0.15, -0.1) is 0 Å². The summed E-state index contributed by atoms with van der Waals surface area (Å²) in [6.07, 6.45) is -0.0724. The maximum absolute atomic E-state index is 12.8. The quantitative estimate of drug-likeness (QED) is 0.516. The van der Waals surface area contributed by atoms with Gasteiger partial charge >= 0.3 is 6.18 Å². The molecule has 1 saturated carbocycles. The second-order valence-corrected chi connectivity index (χ2v) is 8.16. The van der Waals surface area contributed by atoms with E-state index in [1.54, 1.807) is 0 Å². The van der Waals surface area contributed by atoms with E-state index in [-0.39, 0.29) is 18.8 Å². The zero-order chi connectivity index (χ0) is 20.0. The Morgan fingerprint density at radius 2 is 1.50 bits per heavy atom. The van der Waals surface area contributed by atoms with Gasteiger partial charge in [-0.05, 0) is 74.7 Å². The van der Waals surface area contributed by atoms with Crippen LogP contribution in [0.25, 0.3) is 0 Å². The summed E-state index contributed by atoms with van der Waals surface area (Å²) in [6.45, 7) is 2.00. The second kappa shape index (κ2) is 9.60. The number of benzene rings is 2. The van der Waals surface area contributed by atoms with Crippen LogP contribution in [0.3, 0.4) is 0 Å². The molecule has 0 heterocycles. The number of nitrogens with zero attached hydrogens (tertiary/aromatic N) is 1. The van der Waals surface area contributed by atoms with Crippen molar-refractivity contribution >= 4 is 0 Å². The molecule has 28 heavy (non-hydrogen) atoms. The highest BCUT2D eigenvalue weighted by Crippen LogP contribution is 2.42. The SMILES string of the molecule is CN(CCCc1ccc(C2CCC(C(F)(F)F)CC2)cc1)Cc1ccccc1. The lowest BCUT2D eigenvalue weighted by Crippen LogP contribution is -2.27. The van der Waals surface area contributed by atoms with Gasteiger partial charge in [-0.2, -0.15) is 13.2 Å². The van der Waals surface area contributed by atoms with E-state index in [2.05, 4.69) is 60.5 Å². The van der Waals surface area contributed by atoms with E-state index in [0.717, 1.165) is 25.9 Å². The smallest absolute Gasteiger partial charge is 0.302 e. The van der Waals surface area contributed by atoms with E-state index in [1.165, 1.54) is 16.7 Å². The number of hydrogen-bond acceptors (Lipinski definition) is 1. The summed E-state index contributed by atoms with van der Waals surface area (Å²) >= 11 is 0. The number of hydrogen-bond donors (Lipinski definition) is 0. The molecule has 152 valence electrons. The molecular formula is C24H30F3N. The maximum Gasteiger partial charge on any atom is 0.391 e. The predicted octanol–water partition coefficient (Wildman–Crippen LogP) is 6.59. The Balaban J connectivity index is 1.41. The van der Waals surface area contributed by atoms with Gasteiger partial charge in [-0.25, -0.2) is 0 Å². The first-order valence-electron chi connectivity index (χ1n) is 10.3. The molecule has 0 aliphatic heterocycles. The van der Waals surface area contributed by atoms with Crippen LogP contribution in [0.15, 0.2) is 54.6 Å². The lowest BCUT2D eigenvalue weighted by Gasteiger charge is -2.30. The van der Waals surface area contributed by atoms with Gasteiger partial charge in [0.1, 0.15) is 0 Å². The van der Waals surface area contributed by atoms with E-state index in [0.29, 0.717) is 12.8 Å². The van der Waals surface area contributed by atoms with Crippen molar-refractivity contribution in [2.45, 2.75) is 57.2 Å². The van der Waals surface area contributed by atoms with Crippen molar-refractivity contribution in [1.82, 2.24) is 4.90 Å². The van der Waals surface area contributed by atoms with Gasteiger partial charge in [-0.1, -0.05) is 54.6 Å². The minimum absolute atomic E-state index is 0.268. The predicted molar refractivity (Wildman–Crippen MR) is 108 cm³/mol. The standard InChI is InChI=1S/C24H30F3N/c1-28(18-20-6-3-2-4-7-20)17-5-8-19-9-11-21(12-10-19)22-13-15-23(16-14-22)24(25,26)27/h2-4,6-7,9-12,22-23H,5,8,13-18H2,1H3. The molecule has 0 spiro atoms. The Kier molecular flexibility index (Phi) is 7.17. The Morgan fingerprint density at radius 3 is 2.11 bits per heavy atom. The molecule has 3 rings (SSSR count). The van der Waals surface area contributed by atoms with Crippen molar-refractivity contribution in [3.8, 4) is 0 Å². The molecule has 2 aromatic rings. The average Bonchev–Trinajstić information content (AvgIpc) is 2.69. The molecule has 0 N–H and O–H groups in total. The Labute approximate surface area is 166 Å². The molecule has 0 amide bonds. The van der Waals surface area contributed by atoms with Crippen LogP contribution in [-0.4, -0.2) is 24.7 Å². The first-order valence-corrected chi connectivity index (χ1v) is 10.3. The van der Waals surface area contributed by atoms with Crippen molar-refractivity contribution in [2.24, 2.45) is 5.92 Å². The van der Waals surface area contributed by atoms with Crippen LogP contribution in [0.2, 0.25) is 0 Å². The van der Waals surface area contributed by atoms with Gasteiger partial charge in [0.05, 0.1) is 5.92 Å². The minimum Gasteiger partial charge on any atom is -0.302 e. The molecule has 0 saturated heterocycles. The fourth-order valence-corrected chi connectivity index (χ4v) is 4.24. The highest BCUT2D eigenvalue weighted by Gasteiger charge is 2.41. The fraction of sp³-hybridized carbons (Fsp3) is 0.500. The van der Waals surface area contributed by atoms with Crippen LogP contribution in [-0.2, 0) is 13.0 Å². The van der Waals surface area contributed by atoms with Gasteiger partial charge in [0.2, 0.25) is 0 Å². The van der Waals surface area contributed by atoms with Gasteiger partial charge in [-0.3, -0.25) is 0 Å². The molecule has 0 atom stereocenters. The van der Waals surface area contributed by atoms with Crippen LogP contribution >= 0.6 is 0 Å². The fourth-order valence-electron chi connectivity index (χ4n) is 4.24. The van der Waals surface area contributed by atoms with Gasteiger partial charge in [0.15, 0.2) is 0 Å². The third-order valence-corrected chi connectivity index (χ3v) is 5.94. The summed E-state index contributed by atoms with van der Waals surface area (Å²) in [5.74, 6) is -0.819. The number of alkyl halides is 3. The van der Waals surface area contributed by atoms with E-state index in [4.69, 9.17) is 0 Å². The van der Waals surface area contributed by atoms with Crippen LogP contribution in [0, 0.1) is 5.92 Å². The van der Waals surface area contributed by atoms with E-state index >= 15 is 0 Å². The Morgan fingerprint density at radius 1 is 0.857 bits per heavy atom. The molecule has 1 aliphatic rings. The molecule has 1 nitrogen and oxygen atoms in total. The third-order valence-electron chi connectivity index (χ3n) is 5.94. The van der Waals surface area contributed by atoms with E-state index < -0.39 is 12.1 Å². The molecule has 4 heteroatoms. The Hall–Kier alpha value is -1.81. The minimum atomic E-state index is -4.03. The summed E-state index contributed by atoms with van der Waals surface area (Å²) in [7, 11) is 2.15. The van der Waals surface area contributed by atoms with Crippen LogP contribution in [0.1, 0.15) is 54.7 Å². The lowest BCUT2D eigenvalue weighted by molar-refractivity contribution is -0.182. The second-order valence-electron chi connectivity index (χ2n) is 8.16. The van der Waals surface area contributed by atoms with Crippen molar-refractivity contribution in [3.05, 3.63) is 71.3 Å². The van der Waals surface area contributed by atoms with E-state index in [9.17, 15) is 13.2 Å². The monoisotopic (exact) mass is 389 g/mol. The number of halogens is 3. The molecule has 0 bridgehead atoms. The molecule has 0 aromatic heterocycles. The van der Waals surface area contributed by atoms with Gasteiger partial charge in [0.25, 0.3) is 0 Å². The number of rotatable bonds is 7. The van der Waals surface area contributed by atoms with Crippen molar-refractivity contribution in [2.75, 3.05) is 13.6 Å². The van der Waals surface area contributed by atoms with E-state index in [1.807, 2.05) is 6.07 Å². The molecule has 2 aromatic carbocycles. The van der Waals surface area contributed by atoms with Crippen molar-refractivity contribution in [1.29, 1.82) is 0 Å². The highest BCUT2D eigenvalue weighted by molar-refractivity contribution is 5.26. The largest absolute Gasteiger partial charge is 0.391 e. The summed E-state index contributed by atoms with van der Waals surface area (Å²) in [5.41, 5.74) is 3.83. The van der Waals surface area contributed by atoms with Crippen LogP contribution in [0.4, 0.5) is 13.2 Å². The summed E-state index contributed by atoms with van der Waals surface area (Å²) < 4.78 is 38.5. The zero-order valence-corrected chi connectivity index (χ0v) is 16.6. The van der Waals surface area contributed by atoms with Gasteiger partial charge in [0, 0.05) is 6.54 Å². The average molecular weight is 390 g/mol. The summed E-state index contributed by atoms with van der Waals surface area (Å²) in [6, 6.07) is 19.0.